The Hall–Kier alpha value is 0.530. The van der Waals surface area contributed by atoms with Gasteiger partial charge in [-0.2, -0.15) is 8.81 Å². The van der Waals surface area contributed by atoms with E-state index in [1.165, 1.54) is 0 Å². The van der Waals surface area contributed by atoms with E-state index in [2.05, 4.69) is 0 Å². The Labute approximate surface area is 107 Å². The molecule has 0 fully saturated rings. The minimum Gasteiger partial charge on any atom is -0.828 e. The summed E-state index contributed by atoms with van der Waals surface area (Å²) in [4.78, 5) is 10.7. The molecule has 0 saturated heterocycles. The van der Waals surface area contributed by atoms with Gasteiger partial charge in [-0.25, -0.2) is 0 Å². The van der Waals surface area contributed by atoms with Crippen molar-refractivity contribution in [3.63, 3.8) is 0 Å². The minimum atomic E-state index is -0.766. The summed E-state index contributed by atoms with van der Waals surface area (Å²) in [6.45, 7) is -0.268. The van der Waals surface area contributed by atoms with Gasteiger partial charge in [0.2, 0.25) is 0 Å². The number of hydrogen-bond donors (Lipinski definition) is 2. The maximum atomic E-state index is 10.7. The van der Waals surface area contributed by atoms with Crippen LogP contribution in [0.3, 0.4) is 0 Å². The third kappa shape index (κ3) is 4.37. The van der Waals surface area contributed by atoms with Crippen LogP contribution in [0.15, 0.2) is 24.3 Å². The first-order valence-electron chi connectivity index (χ1n) is 4.03. The van der Waals surface area contributed by atoms with Crippen molar-refractivity contribution in [2.24, 2.45) is 0 Å². The first kappa shape index (κ1) is 14.5. The van der Waals surface area contributed by atoms with Crippen molar-refractivity contribution >= 4 is 14.1 Å². The molecule has 1 aromatic carbocycles. The minimum absolute atomic E-state index is 0. The molecule has 2 unspecified atom stereocenters. The molecule has 0 aromatic heterocycles. The number of benzene rings is 1. The largest absolute Gasteiger partial charge is 1.00 e. The van der Waals surface area contributed by atoms with Gasteiger partial charge < -0.3 is 15.1 Å². The van der Waals surface area contributed by atoms with Crippen LogP contribution in [0.4, 0.5) is 0 Å². The molecule has 0 amide bonds. The van der Waals surface area contributed by atoms with Crippen LogP contribution < -0.4 is 39.8 Å². The average molecular weight is 222 g/mol. The van der Waals surface area contributed by atoms with Gasteiger partial charge >= 0.3 is 29.6 Å². The fourth-order valence-electron chi connectivity index (χ4n) is 1.12. The van der Waals surface area contributed by atoms with E-state index in [0.29, 0.717) is 6.42 Å². The summed E-state index contributed by atoms with van der Waals surface area (Å²) in [6, 6.07) is 7.18. The Kier molecular flexibility index (Phi) is 8.07. The molecule has 14 heavy (non-hydrogen) atoms. The van der Waals surface area contributed by atoms with Crippen LogP contribution in [0, 0.1) is 0 Å². The second-order valence-electron chi connectivity index (χ2n) is 2.80. The molecular weight excluding hydrogens is 210 g/mol. The SMILES string of the molecule is [Na+].[O-]Pc1ccccc1CC(O)CO. The molecule has 2 atom stereocenters. The van der Waals surface area contributed by atoms with E-state index in [4.69, 9.17) is 5.11 Å². The van der Waals surface area contributed by atoms with E-state index >= 15 is 0 Å². The molecular formula is C9H12NaO3P. The van der Waals surface area contributed by atoms with Crippen molar-refractivity contribution in [1.29, 1.82) is 0 Å². The molecule has 1 aromatic rings. The first-order valence-corrected chi connectivity index (χ1v) is 4.93. The van der Waals surface area contributed by atoms with Crippen LogP contribution in [-0.2, 0) is 6.42 Å². The summed E-state index contributed by atoms with van der Waals surface area (Å²) in [6.07, 6.45) is -0.417. The van der Waals surface area contributed by atoms with Gasteiger partial charge in [0.15, 0.2) is 0 Å². The zero-order chi connectivity index (χ0) is 9.68. The van der Waals surface area contributed by atoms with Crippen LogP contribution in [-0.4, -0.2) is 22.9 Å². The monoisotopic (exact) mass is 222 g/mol. The van der Waals surface area contributed by atoms with E-state index in [9.17, 15) is 10.00 Å². The van der Waals surface area contributed by atoms with E-state index < -0.39 is 14.9 Å². The Morgan fingerprint density at radius 1 is 1.36 bits per heavy atom. The Morgan fingerprint density at radius 2 is 2.00 bits per heavy atom. The van der Waals surface area contributed by atoms with Crippen molar-refractivity contribution in [2.45, 2.75) is 12.5 Å². The molecule has 1 rings (SSSR count). The van der Waals surface area contributed by atoms with Crippen LogP contribution in [0.1, 0.15) is 5.56 Å². The molecule has 0 spiro atoms. The van der Waals surface area contributed by atoms with E-state index in [1.54, 1.807) is 18.2 Å². The van der Waals surface area contributed by atoms with Crippen molar-refractivity contribution in [1.82, 2.24) is 0 Å². The van der Waals surface area contributed by atoms with Gasteiger partial charge in [-0.15, -0.1) is 0 Å². The zero-order valence-corrected chi connectivity index (χ0v) is 11.1. The molecule has 3 nitrogen and oxygen atoms in total. The van der Waals surface area contributed by atoms with Gasteiger partial charge in [-0.3, -0.25) is 0 Å². The van der Waals surface area contributed by atoms with Crippen LogP contribution in [0.25, 0.3) is 0 Å². The molecule has 72 valence electrons. The fourth-order valence-corrected chi connectivity index (χ4v) is 1.60. The second-order valence-corrected chi connectivity index (χ2v) is 3.54. The topological polar surface area (TPSA) is 63.5 Å². The maximum Gasteiger partial charge on any atom is 1.00 e. The van der Waals surface area contributed by atoms with Gasteiger partial charge in [0, 0.05) is 6.42 Å². The van der Waals surface area contributed by atoms with E-state index in [1.807, 2.05) is 6.07 Å². The molecule has 0 aliphatic heterocycles. The van der Waals surface area contributed by atoms with Gasteiger partial charge in [0.05, 0.1) is 12.7 Å². The normalized spacial score (nSPS) is 12.8. The standard InChI is InChI=1S/C9H12O3P.Na/c10-6-8(11)5-7-3-1-2-4-9(7)13-12;/h1-4,8,10-11,13H,5-6H2;/q-1;+1. The number of aliphatic hydroxyl groups is 2. The molecule has 0 radical (unpaired) electrons. The Bertz CT molecular complexity index is 270. The summed E-state index contributed by atoms with van der Waals surface area (Å²) < 4.78 is 0. The summed E-state index contributed by atoms with van der Waals surface area (Å²) >= 11 is 0. The predicted octanol–water partition coefficient (Wildman–Crippen LogP) is -3.83. The molecule has 0 saturated carbocycles. The van der Waals surface area contributed by atoms with Gasteiger partial charge in [0.25, 0.3) is 0 Å². The van der Waals surface area contributed by atoms with Crippen molar-refractivity contribution < 1.29 is 44.7 Å². The van der Waals surface area contributed by atoms with Crippen molar-refractivity contribution in [3.05, 3.63) is 29.8 Å². The fraction of sp³-hybridized carbons (Fsp3) is 0.333. The number of aliphatic hydroxyl groups excluding tert-OH is 2. The quantitative estimate of drug-likeness (QED) is 0.405. The molecule has 5 heteroatoms. The first-order chi connectivity index (χ1) is 6.27. The maximum absolute atomic E-state index is 10.7. The van der Waals surface area contributed by atoms with E-state index in [-0.39, 0.29) is 36.2 Å². The van der Waals surface area contributed by atoms with Crippen molar-refractivity contribution in [2.75, 3.05) is 6.61 Å². The average Bonchev–Trinajstić information content (AvgIpc) is 2.18. The molecule has 0 heterocycles. The van der Waals surface area contributed by atoms with E-state index in [0.717, 1.165) is 10.9 Å². The third-order valence-electron chi connectivity index (χ3n) is 1.79. The number of rotatable bonds is 4. The third-order valence-corrected chi connectivity index (χ3v) is 2.50. The summed E-state index contributed by atoms with van der Waals surface area (Å²) in [5, 5.41) is 18.5. The summed E-state index contributed by atoms with van der Waals surface area (Å²) in [5.41, 5.74) is 0.831. The van der Waals surface area contributed by atoms with Crippen molar-refractivity contribution in [3.8, 4) is 0 Å². The predicted molar refractivity (Wildman–Crippen MR) is 51.2 cm³/mol. The summed E-state index contributed by atoms with van der Waals surface area (Å²) in [7, 11) is -0.513. The second kappa shape index (κ2) is 7.77. The molecule has 0 aliphatic carbocycles. The Balaban J connectivity index is 0.00000169. The van der Waals surface area contributed by atoms with Gasteiger partial charge in [-0.1, -0.05) is 24.3 Å². The number of hydrogen-bond acceptors (Lipinski definition) is 3. The van der Waals surface area contributed by atoms with Gasteiger partial charge in [0.1, 0.15) is 0 Å². The Morgan fingerprint density at radius 3 is 2.57 bits per heavy atom. The smallest absolute Gasteiger partial charge is 0.828 e. The molecule has 2 N–H and O–H groups in total. The van der Waals surface area contributed by atoms with Crippen LogP contribution in [0.2, 0.25) is 0 Å². The molecule has 0 aliphatic rings. The molecule has 0 bridgehead atoms. The van der Waals surface area contributed by atoms with Crippen LogP contribution in [0.5, 0.6) is 0 Å². The summed E-state index contributed by atoms with van der Waals surface area (Å²) in [5.74, 6) is 0. The van der Waals surface area contributed by atoms with Gasteiger partial charge in [-0.05, 0) is 10.9 Å². The van der Waals surface area contributed by atoms with Crippen LogP contribution >= 0.6 is 8.81 Å². The zero-order valence-electron chi connectivity index (χ0n) is 8.10.